The monoisotopic (exact) mass is 414 g/mol. The molecule has 5 heteroatoms. The van der Waals surface area contributed by atoms with Gasteiger partial charge in [-0.05, 0) is 61.9 Å². The third-order valence-electron chi connectivity index (χ3n) is 6.46. The van der Waals surface area contributed by atoms with E-state index in [1.807, 2.05) is 18.2 Å². The molecule has 2 nitrogen and oxygen atoms in total. The van der Waals surface area contributed by atoms with E-state index < -0.39 is 17.2 Å². The van der Waals surface area contributed by atoms with Crippen molar-refractivity contribution in [2.24, 2.45) is 5.92 Å². The maximum atomic E-state index is 13.7. The number of nitriles is 1. The Labute approximate surface area is 177 Å². The second-order valence-corrected chi connectivity index (χ2v) is 8.21. The van der Waals surface area contributed by atoms with Crippen LogP contribution < -0.4 is 0 Å². The molecule has 0 heterocycles. The first-order valence-electron chi connectivity index (χ1n) is 10.7. The van der Waals surface area contributed by atoms with Crippen LogP contribution in [0, 0.1) is 17.2 Å². The van der Waals surface area contributed by atoms with E-state index in [9.17, 15) is 18.4 Å². The average molecular weight is 415 g/mol. The van der Waals surface area contributed by atoms with Crippen LogP contribution >= 0.6 is 0 Å². The highest BCUT2D eigenvalue weighted by Crippen LogP contribution is 2.50. The molecular formula is C25H29F3N2. The predicted molar refractivity (Wildman–Crippen MR) is 113 cm³/mol. The first kappa shape index (κ1) is 22.4. The summed E-state index contributed by atoms with van der Waals surface area (Å²) in [6.45, 7) is 4.51. The minimum absolute atomic E-state index is 0.00444. The van der Waals surface area contributed by atoms with Crippen LogP contribution in [-0.4, -0.2) is 18.0 Å². The minimum Gasteiger partial charge on any atom is -0.299 e. The van der Waals surface area contributed by atoms with E-state index in [4.69, 9.17) is 0 Å². The number of nitrogens with zero attached hydrogens (tertiary/aromatic N) is 2. The van der Waals surface area contributed by atoms with Crippen LogP contribution in [0.1, 0.15) is 55.7 Å². The Morgan fingerprint density at radius 1 is 1.00 bits per heavy atom. The molecule has 1 fully saturated rings. The molecule has 0 saturated heterocycles. The first-order chi connectivity index (χ1) is 14.4. The van der Waals surface area contributed by atoms with Gasteiger partial charge in [-0.1, -0.05) is 61.9 Å². The molecule has 0 N–H and O–H groups in total. The second kappa shape index (κ2) is 9.66. The third kappa shape index (κ3) is 4.87. The van der Waals surface area contributed by atoms with E-state index in [-0.39, 0.29) is 11.5 Å². The van der Waals surface area contributed by atoms with Gasteiger partial charge in [0.25, 0.3) is 0 Å². The second-order valence-electron chi connectivity index (χ2n) is 8.21. The Morgan fingerprint density at radius 3 is 2.17 bits per heavy atom. The topological polar surface area (TPSA) is 27.0 Å². The first-order valence-corrected chi connectivity index (χ1v) is 10.7. The molecule has 0 amide bonds. The number of alkyl halides is 3. The fourth-order valence-electron chi connectivity index (χ4n) is 4.56. The van der Waals surface area contributed by atoms with E-state index in [2.05, 4.69) is 30.0 Å². The number of halogens is 3. The highest BCUT2D eigenvalue weighted by atomic mass is 19.4. The smallest absolute Gasteiger partial charge is 0.299 e. The van der Waals surface area contributed by atoms with Crippen LogP contribution in [0.25, 0.3) is 0 Å². The van der Waals surface area contributed by atoms with Gasteiger partial charge in [0.05, 0.1) is 17.0 Å². The van der Waals surface area contributed by atoms with Crippen LogP contribution in [0.3, 0.4) is 0 Å². The van der Waals surface area contributed by atoms with E-state index in [0.29, 0.717) is 12.8 Å². The van der Waals surface area contributed by atoms with Crippen molar-refractivity contribution < 1.29 is 13.2 Å². The van der Waals surface area contributed by atoms with E-state index in [0.717, 1.165) is 45.0 Å². The van der Waals surface area contributed by atoms with Crippen LogP contribution in [0.5, 0.6) is 0 Å². The van der Waals surface area contributed by atoms with Crippen LogP contribution in [0.4, 0.5) is 13.2 Å². The quantitative estimate of drug-likeness (QED) is 0.464. The molecule has 1 atom stereocenters. The summed E-state index contributed by atoms with van der Waals surface area (Å²) in [5.41, 5.74) is -0.352. The zero-order chi connectivity index (χ0) is 21.6. The molecule has 1 aliphatic rings. The molecule has 0 aliphatic heterocycles. The Kier molecular flexibility index (Phi) is 7.20. The maximum Gasteiger partial charge on any atom is 0.416 e. The lowest BCUT2D eigenvalue weighted by Gasteiger charge is -2.42. The molecule has 160 valence electrons. The third-order valence-corrected chi connectivity index (χ3v) is 6.46. The van der Waals surface area contributed by atoms with Crippen molar-refractivity contribution in [3.8, 4) is 6.07 Å². The van der Waals surface area contributed by atoms with Crippen molar-refractivity contribution in [2.45, 2.75) is 57.2 Å². The van der Waals surface area contributed by atoms with E-state index in [1.165, 1.54) is 17.7 Å². The minimum atomic E-state index is -4.45. The largest absolute Gasteiger partial charge is 0.416 e. The van der Waals surface area contributed by atoms with Gasteiger partial charge >= 0.3 is 6.18 Å². The molecule has 3 rings (SSSR count). The zero-order valence-electron chi connectivity index (χ0n) is 17.5. The molecule has 30 heavy (non-hydrogen) atoms. The predicted octanol–water partition coefficient (Wildman–Crippen LogP) is 6.57. The highest BCUT2D eigenvalue weighted by molar-refractivity contribution is 5.42. The fraction of sp³-hybridized carbons (Fsp3) is 0.480. The van der Waals surface area contributed by atoms with Crippen LogP contribution in [0.15, 0.2) is 54.6 Å². The van der Waals surface area contributed by atoms with Gasteiger partial charge in [-0.15, -0.1) is 0 Å². The van der Waals surface area contributed by atoms with E-state index in [1.54, 1.807) is 6.07 Å². The summed E-state index contributed by atoms with van der Waals surface area (Å²) in [6, 6.07) is 18.2. The lowest BCUT2D eigenvalue weighted by molar-refractivity contribution is -0.139. The van der Waals surface area contributed by atoms with Gasteiger partial charge < -0.3 is 0 Å². The highest BCUT2D eigenvalue weighted by Gasteiger charge is 2.47. The van der Waals surface area contributed by atoms with Crippen LogP contribution in [0.2, 0.25) is 0 Å². The normalized spacial score (nSPS) is 16.7. The van der Waals surface area contributed by atoms with Gasteiger partial charge in [0.1, 0.15) is 0 Å². The fourth-order valence-corrected chi connectivity index (χ4v) is 4.56. The molecule has 2 aromatic carbocycles. The molecule has 1 saturated carbocycles. The molecule has 0 spiro atoms. The standard InChI is InChI=1S/C25H29F3N2/c1-2-30(18-20-10-4-3-5-11-20)17-9-16-24(19-29,21-12-8-13-21)22-14-6-7-15-23(22)25(26,27)28/h3-7,10-11,14-15,21H,2,8-9,12-13,16-18H2,1H3. The summed E-state index contributed by atoms with van der Waals surface area (Å²) in [7, 11) is 0. The van der Waals surface area contributed by atoms with Crippen molar-refractivity contribution in [3.63, 3.8) is 0 Å². The summed E-state index contributed by atoms with van der Waals surface area (Å²) in [6.07, 6.45) is -0.686. The molecular weight excluding hydrogens is 385 g/mol. The van der Waals surface area contributed by atoms with Crippen molar-refractivity contribution in [2.75, 3.05) is 13.1 Å². The molecule has 2 aromatic rings. The van der Waals surface area contributed by atoms with Gasteiger partial charge in [0.15, 0.2) is 0 Å². The van der Waals surface area contributed by atoms with Crippen molar-refractivity contribution in [3.05, 3.63) is 71.3 Å². The van der Waals surface area contributed by atoms with Gasteiger partial charge in [0, 0.05) is 6.54 Å². The maximum absolute atomic E-state index is 13.7. The van der Waals surface area contributed by atoms with Gasteiger partial charge in [-0.2, -0.15) is 18.4 Å². The molecule has 0 bridgehead atoms. The Morgan fingerprint density at radius 2 is 1.63 bits per heavy atom. The lowest BCUT2D eigenvalue weighted by Crippen LogP contribution is -2.40. The summed E-state index contributed by atoms with van der Waals surface area (Å²) in [4.78, 5) is 2.29. The molecule has 1 unspecified atom stereocenters. The molecule has 0 aromatic heterocycles. The van der Waals surface area contributed by atoms with Crippen molar-refractivity contribution in [1.29, 1.82) is 5.26 Å². The number of hydrogen-bond acceptors (Lipinski definition) is 2. The van der Waals surface area contributed by atoms with Crippen molar-refractivity contribution in [1.82, 2.24) is 4.90 Å². The SMILES string of the molecule is CCN(CCCC(C#N)(c1ccccc1C(F)(F)F)C1CCC1)Cc1ccccc1. The van der Waals surface area contributed by atoms with Gasteiger partial charge in [-0.25, -0.2) is 0 Å². The molecule has 1 aliphatic carbocycles. The van der Waals surface area contributed by atoms with Crippen LogP contribution in [-0.2, 0) is 18.1 Å². The molecule has 0 radical (unpaired) electrons. The Bertz CT molecular complexity index is 853. The number of rotatable bonds is 9. The Hall–Kier alpha value is -2.32. The average Bonchev–Trinajstić information content (AvgIpc) is 2.71. The van der Waals surface area contributed by atoms with Gasteiger partial charge in [0.2, 0.25) is 0 Å². The number of hydrogen-bond donors (Lipinski definition) is 0. The van der Waals surface area contributed by atoms with Crippen molar-refractivity contribution >= 4 is 0 Å². The lowest BCUT2D eigenvalue weighted by atomic mass is 9.60. The summed E-state index contributed by atoms with van der Waals surface area (Å²) in [5, 5.41) is 10.2. The Balaban J connectivity index is 1.79. The summed E-state index contributed by atoms with van der Waals surface area (Å²) < 4.78 is 41.2. The zero-order valence-corrected chi connectivity index (χ0v) is 17.5. The number of benzene rings is 2. The van der Waals surface area contributed by atoms with E-state index >= 15 is 0 Å². The summed E-state index contributed by atoms with van der Waals surface area (Å²) in [5.74, 6) is -0.00444. The van der Waals surface area contributed by atoms with Gasteiger partial charge in [-0.3, -0.25) is 4.90 Å². The summed E-state index contributed by atoms with van der Waals surface area (Å²) >= 11 is 0.